The molecule has 6 heteroatoms. The lowest BCUT2D eigenvalue weighted by Gasteiger charge is -2.31. The topological polar surface area (TPSA) is 37.3 Å². The van der Waals surface area contributed by atoms with Crippen LogP contribution in [0.3, 0.4) is 0 Å². The van der Waals surface area contributed by atoms with Gasteiger partial charge in [0.2, 0.25) is 0 Å². The van der Waals surface area contributed by atoms with E-state index in [9.17, 15) is 9.18 Å². The van der Waals surface area contributed by atoms with E-state index in [0.717, 1.165) is 29.7 Å². The summed E-state index contributed by atoms with van der Waals surface area (Å²) in [4.78, 5) is 17.3. The number of thiophene rings is 1. The molecular formula is C29H28FN3OS. The molecule has 0 bridgehead atoms. The summed E-state index contributed by atoms with van der Waals surface area (Å²) >= 11 is 1.89. The Labute approximate surface area is 209 Å². The molecule has 6 rings (SSSR count). The first-order chi connectivity index (χ1) is 17.1. The van der Waals surface area contributed by atoms with Gasteiger partial charge in [0.1, 0.15) is 10.8 Å². The number of hydrogen-bond acceptors (Lipinski definition) is 2. The van der Waals surface area contributed by atoms with Crippen LogP contribution in [0.4, 0.5) is 9.18 Å². The fourth-order valence-corrected chi connectivity index (χ4v) is 6.86. The Morgan fingerprint density at radius 1 is 1.06 bits per heavy atom. The number of rotatable bonds is 3. The van der Waals surface area contributed by atoms with Gasteiger partial charge in [-0.2, -0.15) is 0 Å². The van der Waals surface area contributed by atoms with Crippen LogP contribution in [0.5, 0.6) is 0 Å². The third-order valence-corrected chi connectivity index (χ3v) is 8.49. The van der Waals surface area contributed by atoms with Gasteiger partial charge < -0.3 is 14.8 Å². The van der Waals surface area contributed by atoms with Crippen molar-refractivity contribution in [3.8, 4) is 5.00 Å². The Balaban J connectivity index is 1.43. The Morgan fingerprint density at radius 2 is 1.89 bits per heavy atom. The van der Waals surface area contributed by atoms with Gasteiger partial charge in [-0.25, -0.2) is 9.18 Å². The van der Waals surface area contributed by atoms with Gasteiger partial charge in [-0.05, 0) is 73.6 Å². The number of fused-ring (bicyclic) bond motifs is 5. The highest BCUT2D eigenvalue weighted by Crippen LogP contribution is 2.44. The van der Waals surface area contributed by atoms with E-state index in [0.29, 0.717) is 13.1 Å². The highest BCUT2D eigenvalue weighted by atomic mass is 32.1. The zero-order chi connectivity index (χ0) is 23.9. The smallest absolute Gasteiger partial charge is 0.318 e. The number of carbonyl (C=O) groups is 1. The maximum absolute atomic E-state index is 13.8. The van der Waals surface area contributed by atoms with Crippen molar-refractivity contribution in [1.82, 2.24) is 14.8 Å². The van der Waals surface area contributed by atoms with Crippen LogP contribution in [0.2, 0.25) is 0 Å². The molecule has 0 fully saturated rings. The molecular weight excluding hydrogens is 457 g/mol. The lowest BCUT2D eigenvalue weighted by atomic mass is 9.95. The zero-order valence-corrected chi connectivity index (χ0v) is 20.6. The van der Waals surface area contributed by atoms with Gasteiger partial charge in [0.15, 0.2) is 0 Å². The molecule has 2 aromatic heterocycles. The second-order valence-electron chi connectivity index (χ2n) is 9.53. The van der Waals surface area contributed by atoms with Crippen molar-refractivity contribution in [2.45, 2.75) is 51.7 Å². The quantitative estimate of drug-likeness (QED) is 0.345. The molecule has 4 aromatic rings. The van der Waals surface area contributed by atoms with E-state index in [1.165, 1.54) is 51.5 Å². The van der Waals surface area contributed by atoms with E-state index >= 15 is 0 Å². The van der Waals surface area contributed by atoms with Gasteiger partial charge in [0.25, 0.3) is 0 Å². The van der Waals surface area contributed by atoms with Crippen molar-refractivity contribution in [3.63, 3.8) is 0 Å². The van der Waals surface area contributed by atoms with Crippen LogP contribution < -0.4 is 5.32 Å². The van der Waals surface area contributed by atoms with Crippen molar-refractivity contribution in [2.24, 2.45) is 0 Å². The number of hydrogen-bond donors (Lipinski definition) is 1. The maximum Gasteiger partial charge on any atom is 0.318 e. The van der Waals surface area contributed by atoms with Crippen molar-refractivity contribution < 1.29 is 9.18 Å². The summed E-state index contributed by atoms with van der Waals surface area (Å²) in [5.74, 6) is -0.275. The van der Waals surface area contributed by atoms with Crippen LogP contribution in [-0.2, 0) is 25.9 Å². The molecule has 35 heavy (non-hydrogen) atoms. The summed E-state index contributed by atoms with van der Waals surface area (Å²) in [6.07, 6.45) is 6.78. The molecule has 3 heterocycles. The highest BCUT2D eigenvalue weighted by Gasteiger charge is 2.36. The fourth-order valence-electron chi connectivity index (χ4n) is 5.46. The van der Waals surface area contributed by atoms with Crippen LogP contribution in [0.15, 0.2) is 66.9 Å². The molecule has 1 N–H and O–H groups in total. The fraction of sp³-hybridized carbons (Fsp3) is 0.276. The van der Waals surface area contributed by atoms with Gasteiger partial charge in [-0.1, -0.05) is 42.0 Å². The van der Waals surface area contributed by atoms with Crippen LogP contribution in [-0.4, -0.2) is 15.5 Å². The first-order valence-corrected chi connectivity index (χ1v) is 13.1. The summed E-state index contributed by atoms with van der Waals surface area (Å²) in [6.45, 7) is 3.01. The number of urea groups is 1. The maximum atomic E-state index is 13.8. The van der Waals surface area contributed by atoms with E-state index in [-0.39, 0.29) is 17.9 Å². The molecule has 2 aliphatic rings. The molecule has 2 amide bonds. The largest absolute Gasteiger partial charge is 0.334 e. The SMILES string of the molecule is Cc1cccc(C2c3cccn3-c3sc4c(c3CN2C(=O)NCc2ccc(F)cc2)CCCC4)c1. The average molecular weight is 486 g/mol. The standard InChI is InChI=1S/C29H28FN3OS/c1-19-6-4-7-21(16-19)27-25-9-5-15-32(25)28-24(23-8-2-3-10-26(23)35-28)18-33(27)29(34)31-17-20-11-13-22(30)14-12-20/h4-7,9,11-16,27H,2-3,8,10,17-18H2,1H3,(H,31,34). The number of aryl methyl sites for hydroxylation is 2. The number of nitrogens with zero attached hydrogens (tertiary/aromatic N) is 2. The molecule has 2 aromatic carbocycles. The van der Waals surface area contributed by atoms with Crippen molar-refractivity contribution in [3.05, 3.63) is 111 Å². The molecule has 0 spiro atoms. The minimum atomic E-state index is -0.275. The van der Waals surface area contributed by atoms with E-state index in [2.05, 4.69) is 59.4 Å². The molecule has 178 valence electrons. The second kappa shape index (κ2) is 9.00. The predicted octanol–water partition coefficient (Wildman–Crippen LogP) is 6.68. The zero-order valence-electron chi connectivity index (χ0n) is 19.8. The Hall–Kier alpha value is -3.38. The lowest BCUT2D eigenvalue weighted by Crippen LogP contribution is -2.41. The average Bonchev–Trinajstić information content (AvgIpc) is 3.45. The van der Waals surface area contributed by atoms with Crippen LogP contribution >= 0.6 is 11.3 Å². The van der Waals surface area contributed by atoms with Gasteiger partial charge >= 0.3 is 6.03 Å². The Kier molecular flexibility index (Phi) is 5.69. The van der Waals surface area contributed by atoms with E-state index in [4.69, 9.17) is 0 Å². The molecule has 1 unspecified atom stereocenters. The first-order valence-electron chi connectivity index (χ1n) is 12.2. The highest BCUT2D eigenvalue weighted by molar-refractivity contribution is 7.15. The van der Waals surface area contributed by atoms with Gasteiger partial charge in [-0.15, -0.1) is 11.3 Å². The third-order valence-electron chi connectivity index (χ3n) is 7.15. The first kappa shape index (κ1) is 22.1. The number of halogens is 1. The van der Waals surface area contributed by atoms with Crippen molar-refractivity contribution in [2.75, 3.05) is 0 Å². The van der Waals surface area contributed by atoms with Crippen LogP contribution in [0, 0.1) is 12.7 Å². The van der Waals surface area contributed by atoms with E-state index < -0.39 is 0 Å². The summed E-state index contributed by atoms with van der Waals surface area (Å²) < 4.78 is 15.7. The molecule has 0 saturated carbocycles. The molecule has 1 atom stereocenters. The lowest BCUT2D eigenvalue weighted by molar-refractivity contribution is 0.180. The number of aromatic nitrogens is 1. The Morgan fingerprint density at radius 3 is 2.71 bits per heavy atom. The molecule has 1 aliphatic heterocycles. The summed E-state index contributed by atoms with van der Waals surface area (Å²) in [7, 11) is 0. The van der Waals surface area contributed by atoms with Crippen molar-refractivity contribution >= 4 is 17.4 Å². The predicted molar refractivity (Wildman–Crippen MR) is 137 cm³/mol. The molecule has 0 radical (unpaired) electrons. The number of nitrogens with one attached hydrogen (secondary N) is 1. The number of carbonyl (C=O) groups excluding carboxylic acids is 1. The minimum Gasteiger partial charge on any atom is -0.334 e. The van der Waals surface area contributed by atoms with Crippen LogP contribution in [0.1, 0.15) is 57.3 Å². The van der Waals surface area contributed by atoms with Gasteiger partial charge in [0, 0.05) is 23.2 Å². The summed E-state index contributed by atoms with van der Waals surface area (Å²) in [5, 5.41) is 4.37. The van der Waals surface area contributed by atoms with Gasteiger partial charge in [0.05, 0.1) is 18.3 Å². The molecule has 0 saturated heterocycles. The second-order valence-corrected chi connectivity index (χ2v) is 10.6. The van der Waals surface area contributed by atoms with E-state index in [1.807, 2.05) is 16.2 Å². The summed E-state index contributed by atoms with van der Waals surface area (Å²) in [6, 6.07) is 18.6. The molecule has 4 nitrogen and oxygen atoms in total. The van der Waals surface area contributed by atoms with Gasteiger partial charge in [-0.3, -0.25) is 0 Å². The monoisotopic (exact) mass is 485 g/mol. The Bertz CT molecular complexity index is 1390. The van der Waals surface area contributed by atoms with E-state index in [1.54, 1.807) is 12.1 Å². The van der Waals surface area contributed by atoms with Crippen molar-refractivity contribution in [1.29, 1.82) is 0 Å². The number of amides is 2. The van der Waals surface area contributed by atoms with Crippen LogP contribution in [0.25, 0.3) is 5.00 Å². The normalized spacial score (nSPS) is 16.7. The third kappa shape index (κ3) is 4.06. The minimum absolute atomic E-state index is 0.114. The summed E-state index contributed by atoms with van der Waals surface area (Å²) in [5.41, 5.74) is 6.98. The number of benzene rings is 2. The molecule has 1 aliphatic carbocycles.